The van der Waals surface area contributed by atoms with E-state index in [0.717, 1.165) is 5.69 Å². The molecule has 0 fully saturated rings. The number of hydrogen-bond donors (Lipinski definition) is 0. The van der Waals surface area contributed by atoms with Crippen molar-refractivity contribution in [3.63, 3.8) is 0 Å². The van der Waals surface area contributed by atoms with Gasteiger partial charge in [0.2, 0.25) is 0 Å². The Bertz CT molecular complexity index is 3070. The SMILES string of the molecule is Cc1cccc(/C=C\C=C\c2ccc(-n3c4ccccc4c4c3ccc3c5c6ccccc6ccc5n(-c5cccc6ccccc56)c34)cc2)c1C. The van der Waals surface area contributed by atoms with Crippen molar-refractivity contribution >= 4 is 77.3 Å². The van der Waals surface area contributed by atoms with Crippen LogP contribution in [0.2, 0.25) is 0 Å². The van der Waals surface area contributed by atoms with Gasteiger partial charge in [0, 0.05) is 32.6 Å². The van der Waals surface area contributed by atoms with E-state index in [1.807, 2.05) is 0 Å². The highest BCUT2D eigenvalue weighted by molar-refractivity contribution is 6.30. The summed E-state index contributed by atoms with van der Waals surface area (Å²) in [6, 6.07) is 57.7. The van der Waals surface area contributed by atoms with Gasteiger partial charge in [-0.3, -0.25) is 0 Å². The zero-order chi connectivity index (χ0) is 34.8. The minimum atomic E-state index is 1.15. The van der Waals surface area contributed by atoms with Crippen LogP contribution in [-0.2, 0) is 0 Å². The molecule has 0 aliphatic carbocycles. The molecular formula is C50H36N2. The third kappa shape index (κ3) is 4.65. The van der Waals surface area contributed by atoms with E-state index in [-0.39, 0.29) is 0 Å². The molecule has 52 heavy (non-hydrogen) atoms. The zero-order valence-corrected chi connectivity index (χ0v) is 29.2. The van der Waals surface area contributed by atoms with E-state index in [1.165, 1.54) is 93.1 Å². The number of para-hydroxylation sites is 1. The standard InChI is InChI=1S/C50H36N2/c1-33-13-11-18-36(34(33)2)15-4-3-14-35-25-28-39(29-26-35)51-45-23-10-9-22-42(45)49-47(51)32-30-43-48-41-21-8-6-17-38(41)27-31-46(48)52(50(43)49)44-24-12-19-37-16-5-7-20-40(37)44/h3-32H,1-2H3/b14-3+,15-4-. The van der Waals surface area contributed by atoms with Crippen molar-refractivity contribution in [1.82, 2.24) is 9.13 Å². The number of rotatable bonds is 5. The van der Waals surface area contributed by atoms with Gasteiger partial charge in [-0.2, -0.15) is 0 Å². The number of aromatic nitrogens is 2. The molecule has 10 aromatic rings. The normalized spacial score (nSPS) is 12.3. The molecule has 0 radical (unpaired) electrons. The second-order valence-electron chi connectivity index (χ2n) is 13.8. The number of nitrogens with zero attached hydrogens (tertiary/aromatic N) is 2. The Morgan fingerprint density at radius 1 is 0.423 bits per heavy atom. The lowest BCUT2D eigenvalue weighted by Gasteiger charge is -2.13. The van der Waals surface area contributed by atoms with Crippen LogP contribution in [-0.4, -0.2) is 9.13 Å². The summed E-state index contributed by atoms with van der Waals surface area (Å²) >= 11 is 0. The molecule has 8 aromatic carbocycles. The van der Waals surface area contributed by atoms with Gasteiger partial charge in [0.25, 0.3) is 0 Å². The highest BCUT2D eigenvalue weighted by Crippen LogP contribution is 2.44. The Labute approximate surface area is 302 Å². The van der Waals surface area contributed by atoms with E-state index in [0.29, 0.717) is 0 Å². The largest absolute Gasteiger partial charge is 0.309 e. The van der Waals surface area contributed by atoms with Crippen molar-refractivity contribution < 1.29 is 0 Å². The monoisotopic (exact) mass is 664 g/mol. The highest BCUT2D eigenvalue weighted by Gasteiger charge is 2.22. The Kier molecular flexibility index (Phi) is 6.97. The first kappa shape index (κ1) is 30.2. The van der Waals surface area contributed by atoms with Crippen molar-refractivity contribution in [2.45, 2.75) is 13.8 Å². The van der Waals surface area contributed by atoms with Gasteiger partial charge < -0.3 is 9.13 Å². The van der Waals surface area contributed by atoms with Gasteiger partial charge in [0.1, 0.15) is 0 Å². The van der Waals surface area contributed by atoms with Crippen molar-refractivity contribution in [2.24, 2.45) is 0 Å². The van der Waals surface area contributed by atoms with E-state index < -0.39 is 0 Å². The molecule has 2 heterocycles. The molecule has 246 valence electrons. The van der Waals surface area contributed by atoms with Crippen LogP contribution in [0.3, 0.4) is 0 Å². The van der Waals surface area contributed by atoms with E-state index >= 15 is 0 Å². The summed E-state index contributed by atoms with van der Waals surface area (Å²) in [5, 5.41) is 10.1. The molecule has 0 atom stereocenters. The summed E-state index contributed by atoms with van der Waals surface area (Å²) in [4.78, 5) is 0. The molecule has 0 unspecified atom stereocenters. The summed E-state index contributed by atoms with van der Waals surface area (Å²) in [5.74, 6) is 0. The molecule has 0 aliphatic rings. The van der Waals surface area contributed by atoms with Crippen molar-refractivity contribution in [1.29, 1.82) is 0 Å². The summed E-state index contributed by atoms with van der Waals surface area (Å²) in [5.41, 5.74) is 12.3. The summed E-state index contributed by atoms with van der Waals surface area (Å²) in [6.45, 7) is 4.35. The van der Waals surface area contributed by atoms with E-state index in [2.05, 4.69) is 205 Å². The molecule has 0 N–H and O–H groups in total. The second kappa shape index (κ2) is 12.0. The predicted octanol–water partition coefficient (Wildman–Crippen LogP) is 13.5. The molecule has 2 aromatic heterocycles. The van der Waals surface area contributed by atoms with Gasteiger partial charge >= 0.3 is 0 Å². The van der Waals surface area contributed by atoms with Crippen LogP contribution in [0, 0.1) is 13.8 Å². The number of hydrogen-bond acceptors (Lipinski definition) is 0. The summed E-state index contributed by atoms with van der Waals surface area (Å²) in [7, 11) is 0. The first-order valence-electron chi connectivity index (χ1n) is 18.0. The Morgan fingerprint density at radius 2 is 1.08 bits per heavy atom. The molecule has 2 nitrogen and oxygen atoms in total. The maximum atomic E-state index is 2.53. The lowest BCUT2D eigenvalue weighted by atomic mass is 10.0. The summed E-state index contributed by atoms with van der Waals surface area (Å²) in [6.07, 6.45) is 8.62. The third-order valence-corrected chi connectivity index (χ3v) is 10.9. The van der Waals surface area contributed by atoms with E-state index in [9.17, 15) is 0 Å². The quantitative estimate of drug-likeness (QED) is 0.162. The fourth-order valence-electron chi connectivity index (χ4n) is 8.27. The molecular weight excluding hydrogens is 629 g/mol. The lowest BCUT2D eigenvalue weighted by molar-refractivity contribution is 1.18. The van der Waals surface area contributed by atoms with Crippen molar-refractivity contribution in [2.75, 3.05) is 0 Å². The minimum absolute atomic E-state index is 1.15. The number of fused-ring (bicyclic) bond motifs is 10. The second-order valence-corrected chi connectivity index (χ2v) is 13.8. The fraction of sp³-hybridized carbons (Fsp3) is 0.0400. The molecule has 0 amide bonds. The minimum Gasteiger partial charge on any atom is -0.309 e. The van der Waals surface area contributed by atoms with E-state index in [4.69, 9.17) is 0 Å². The first-order chi connectivity index (χ1) is 25.7. The Morgan fingerprint density at radius 3 is 1.92 bits per heavy atom. The van der Waals surface area contributed by atoms with Crippen LogP contribution in [0.15, 0.2) is 170 Å². The Balaban J connectivity index is 1.20. The third-order valence-electron chi connectivity index (χ3n) is 10.9. The number of benzene rings is 8. The first-order valence-corrected chi connectivity index (χ1v) is 18.0. The van der Waals surface area contributed by atoms with Crippen LogP contribution in [0.25, 0.3) is 88.7 Å². The molecule has 0 saturated carbocycles. The lowest BCUT2D eigenvalue weighted by Crippen LogP contribution is -1.96. The van der Waals surface area contributed by atoms with Gasteiger partial charge in [-0.25, -0.2) is 0 Å². The Hall–Kier alpha value is -6.64. The van der Waals surface area contributed by atoms with Crippen LogP contribution in [0.1, 0.15) is 22.3 Å². The van der Waals surface area contributed by atoms with Gasteiger partial charge in [-0.15, -0.1) is 0 Å². The molecule has 0 bridgehead atoms. The topological polar surface area (TPSA) is 9.86 Å². The molecule has 10 rings (SSSR count). The molecule has 0 aliphatic heterocycles. The van der Waals surface area contributed by atoms with Crippen molar-refractivity contribution in [3.05, 3.63) is 192 Å². The maximum absolute atomic E-state index is 2.53. The maximum Gasteiger partial charge on any atom is 0.0641 e. The molecule has 0 saturated heterocycles. The van der Waals surface area contributed by atoms with E-state index in [1.54, 1.807) is 0 Å². The highest BCUT2D eigenvalue weighted by atomic mass is 15.0. The predicted molar refractivity (Wildman–Crippen MR) is 224 cm³/mol. The average molecular weight is 665 g/mol. The number of allylic oxidation sites excluding steroid dienone is 2. The van der Waals surface area contributed by atoms with Crippen molar-refractivity contribution in [3.8, 4) is 11.4 Å². The summed E-state index contributed by atoms with van der Waals surface area (Å²) < 4.78 is 4.96. The average Bonchev–Trinajstić information content (AvgIpc) is 3.71. The number of aryl methyl sites for hydroxylation is 1. The van der Waals surface area contributed by atoms with Gasteiger partial charge in [-0.05, 0) is 88.7 Å². The molecule has 2 heteroatoms. The van der Waals surface area contributed by atoms with Gasteiger partial charge in [-0.1, -0.05) is 146 Å². The zero-order valence-electron chi connectivity index (χ0n) is 29.2. The fourth-order valence-corrected chi connectivity index (χ4v) is 8.27. The van der Waals surface area contributed by atoms with Crippen LogP contribution >= 0.6 is 0 Å². The van der Waals surface area contributed by atoms with Crippen LogP contribution < -0.4 is 0 Å². The van der Waals surface area contributed by atoms with Crippen LogP contribution in [0.5, 0.6) is 0 Å². The smallest absolute Gasteiger partial charge is 0.0641 e. The molecule has 0 spiro atoms. The van der Waals surface area contributed by atoms with Crippen LogP contribution in [0.4, 0.5) is 0 Å². The van der Waals surface area contributed by atoms with Gasteiger partial charge in [0.15, 0.2) is 0 Å². The van der Waals surface area contributed by atoms with Gasteiger partial charge in [0.05, 0.1) is 27.8 Å².